The Kier molecular flexibility index (Phi) is 5.71. The highest BCUT2D eigenvalue weighted by Gasteiger charge is 2.63. The molecule has 11 heteroatoms. The Hall–Kier alpha value is -3.31. The molecule has 1 saturated carbocycles. The molecule has 0 aromatic heterocycles. The van der Waals surface area contributed by atoms with Crippen molar-refractivity contribution in [2.24, 2.45) is 0 Å². The number of nitrogens with one attached hydrogen (secondary N) is 1. The Bertz CT molecular complexity index is 1210. The summed E-state index contributed by atoms with van der Waals surface area (Å²) in [5, 5.41) is 21.3. The van der Waals surface area contributed by atoms with E-state index >= 15 is 0 Å². The number of carboxylic acid groups (broad SMARTS) is 1. The summed E-state index contributed by atoms with van der Waals surface area (Å²) in [6.45, 7) is -0.146. The molecule has 4 rings (SSSR count). The summed E-state index contributed by atoms with van der Waals surface area (Å²) in [7, 11) is -4.48. The van der Waals surface area contributed by atoms with Gasteiger partial charge in [-0.3, -0.25) is 14.9 Å². The Morgan fingerprint density at radius 2 is 1.70 bits per heavy atom. The second-order valence-electron chi connectivity index (χ2n) is 8.51. The fourth-order valence-electron chi connectivity index (χ4n) is 4.82. The van der Waals surface area contributed by atoms with Gasteiger partial charge in [0.1, 0.15) is 11.1 Å². The molecule has 1 atom stereocenters. The molecule has 0 unspecified atom stereocenters. The average molecular weight is 474 g/mol. The third-order valence-electron chi connectivity index (χ3n) is 6.46. The second kappa shape index (κ2) is 8.23. The minimum absolute atomic E-state index is 0.0151. The van der Waals surface area contributed by atoms with Gasteiger partial charge in [-0.25, -0.2) is 13.2 Å². The smallest absolute Gasteiger partial charge is 0.329 e. The van der Waals surface area contributed by atoms with Gasteiger partial charge < -0.3 is 10.0 Å². The van der Waals surface area contributed by atoms with Gasteiger partial charge in [0.2, 0.25) is 15.9 Å². The largest absolute Gasteiger partial charge is 0.479 e. The van der Waals surface area contributed by atoms with Crippen LogP contribution >= 0.6 is 0 Å². The van der Waals surface area contributed by atoms with Gasteiger partial charge in [-0.15, -0.1) is 0 Å². The van der Waals surface area contributed by atoms with Gasteiger partial charge in [0.25, 0.3) is 5.69 Å². The van der Waals surface area contributed by atoms with Crippen molar-refractivity contribution < 1.29 is 28.0 Å². The monoisotopic (exact) mass is 473 g/mol. The molecular formula is C22H23N3O7S. The number of likely N-dealkylation sites (tertiary alicyclic amines) is 1. The van der Waals surface area contributed by atoms with Gasteiger partial charge in [0.15, 0.2) is 4.90 Å². The van der Waals surface area contributed by atoms with Crippen molar-refractivity contribution in [2.75, 3.05) is 6.54 Å². The lowest BCUT2D eigenvalue weighted by molar-refractivity contribution is -0.387. The van der Waals surface area contributed by atoms with Crippen LogP contribution in [0.3, 0.4) is 0 Å². The minimum atomic E-state index is -4.48. The van der Waals surface area contributed by atoms with Gasteiger partial charge in [-0.05, 0) is 24.5 Å². The van der Waals surface area contributed by atoms with Crippen LogP contribution in [0.25, 0.3) is 0 Å². The van der Waals surface area contributed by atoms with E-state index in [0.717, 1.165) is 12.1 Å². The molecule has 2 aliphatic rings. The molecule has 2 aromatic carbocycles. The maximum atomic E-state index is 13.5. The maximum absolute atomic E-state index is 13.5. The fourth-order valence-corrected chi connectivity index (χ4v) is 6.34. The summed E-state index contributed by atoms with van der Waals surface area (Å²) in [4.78, 5) is 36.9. The average Bonchev–Trinajstić information content (AvgIpc) is 3.28. The predicted molar refractivity (Wildman–Crippen MR) is 117 cm³/mol. The lowest BCUT2D eigenvalue weighted by Crippen LogP contribution is -2.80. The summed E-state index contributed by atoms with van der Waals surface area (Å²) >= 11 is 0. The molecule has 1 amide bonds. The van der Waals surface area contributed by atoms with Crippen molar-refractivity contribution in [3.8, 4) is 0 Å². The predicted octanol–water partition coefficient (Wildman–Crippen LogP) is 2.09. The Morgan fingerprint density at radius 3 is 2.27 bits per heavy atom. The SMILES string of the molecule is O=C(O)C1(N2C[C@](Cc3ccccc3)(NS(=O)(=O)c3ccccc3[N+](=O)[O-])C2=O)CCCC1. The van der Waals surface area contributed by atoms with Crippen LogP contribution in [0.1, 0.15) is 31.2 Å². The zero-order valence-corrected chi connectivity index (χ0v) is 18.5. The Balaban J connectivity index is 1.72. The number of β-lactam (4-membered cyclic amide) rings is 1. The molecule has 0 spiro atoms. The van der Waals surface area contributed by atoms with Crippen molar-refractivity contribution in [3.05, 3.63) is 70.3 Å². The van der Waals surface area contributed by atoms with Crippen molar-refractivity contribution in [2.45, 2.75) is 48.1 Å². The Morgan fingerprint density at radius 1 is 1.09 bits per heavy atom. The molecule has 1 heterocycles. The molecule has 10 nitrogen and oxygen atoms in total. The number of aliphatic carboxylic acids is 1. The highest BCUT2D eigenvalue weighted by molar-refractivity contribution is 7.89. The molecule has 2 fully saturated rings. The normalized spacial score (nSPS) is 22.1. The third kappa shape index (κ3) is 3.87. The van der Waals surface area contributed by atoms with E-state index in [4.69, 9.17) is 0 Å². The molecular weight excluding hydrogens is 450 g/mol. The molecule has 0 radical (unpaired) electrons. The fraction of sp³-hybridized carbons (Fsp3) is 0.364. The number of carbonyl (C=O) groups is 2. The van der Waals surface area contributed by atoms with Gasteiger partial charge >= 0.3 is 5.97 Å². The number of nitrogens with zero attached hydrogens (tertiary/aromatic N) is 2. The van der Waals surface area contributed by atoms with E-state index in [9.17, 15) is 33.2 Å². The summed E-state index contributed by atoms with van der Waals surface area (Å²) < 4.78 is 28.9. The van der Waals surface area contributed by atoms with E-state index in [1.807, 2.05) is 0 Å². The number of rotatable bonds is 8. The number of nitro groups is 1. The van der Waals surface area contributed by atoms with Crippen LogP contribution in [0.15, 0.2) is 59.5 Å². The topological polar surface area (TPSA) is 147 Å². The standard InChI is InChI=1S/C22H23N3O7S/c26-19-21(14-16-8-2-1-3-9-16,15-24(19)22(20(27)28)12-6-7-13-22)23-33(31,32)18-11-5-4-10-17(18)25(29)30/h1-5,8-11,23H,6-7,12-15H2,(H,27,28)/t21-/m0/s1. The minimum Gasteiger partial charge on any atom is -0.479 e. The Labute approximate surface area is 190 Å². The number of hydrogen-bond donors (Lipinski definition) is 2. The number of carbonyl (C=O) groups excluding carboxylic acids is 1. The second-order valence-corrected chi connectivity index (χ2v) is 10.2. The first-order valence-corrected chi connectivity index (χ1v) is 12.0. The molecule has 0 bridgehead atoms. The molecule has 1 aliphatic heterocycles. The van der Waals surface area contributed by atoms with Gasteiger partial charge in [-0.1, -0.05) is 55.3 Å². The van der Waals surface area contributed by atoms with Crippen LogP contribution in [0.5, 0.6) is 0 Å². The van der Waals surface area contributed by atoms with Crippen LogP contribution in [0.4, 0.5) is 5.69 Å². The number of sulfonamides is 1. The third-order valence-corrected chi connectivity index (χ3v) is 8.04. The number of hydrogen-bond acceptors (Lipinski definition) is 6. The first-order valence-electron chi connectivity index (χ1n) is 10.5. The summed E-state index contributed by atoms with van der Waals surface area (Å²) in [6, 6.07) is 13.6. The molecule has 174 valence electrons. The molecule has 2 aromatic rings. The highest BCUT2D eigenvalue weighted by Crippen LogP contribution is 2.43. The summed E-state index contributed by atoms with van der Waals surface area (Å²) in [5.74, 6) is -1.75. The van der Waals surface area contributed by atoms with E-state index in [1.165, 1.54) is 17.0 Å². The number of benzene rings is 2. The number of carboxylic acids is 1. The first-order chi connectivity index (χ1) is 15.6. The quantitative estimate of drug-likeness (QED) is 0.339. The van der Waals surface area contributed by atoms with Crippen molar-refractivity contribution >= 4 is 27.6 Å². The molecule has 1 saturated heterocycles. The van der Waals surface area contributed by atoms with Crippen LogP contribution in [-0.4, -0.2) is 52.8 Å². The number of amides is 1. The number of para-hydroxylation sites is 1. The molecule has 1 aliphatic carbocycles. The summed E-state index contributed by atoms with van der Waals surface area (Å²) in [6.07, 6.45) is 1.89. The maximum Gasteiger partial charge on any atom is 0.329 e. The van der Waals surface area contributed by atoms with Crippen LogP contribution in [-0.2, 0) is 26.0 Å². The lowest BCUT2D eigenvalue weighted by atomic mass is 9.78. The lowest BCUT2D eigenvalue weighted by Gasteiger charge is -2.54. The van der Waals surface area contributed by atoms with Gasteiger partial charge in [-0.2, -0.15) is 4.72 Å². The van der Waals surface area contributed by atoms with Crippen LogP contribution in [0, 0.1) is 10.1 Å². The van der Waals surface area contributed by atoms with Crippen LogP contribution in [0.2, 0.25) is 0 Å². The van der Waals surface area contributed by atoms with Gasteiger partial charge in [0.05, 0.1) is 11.5 Å². The highest BCUT2D eigenvalue weighted by atomic mass is 32.2. The van der Waals surface area contributed by atoms with E-state index in [1.54, 1.807) is 30.3 Å². The zero-order chi connectivity index (χ0) is 23.9. The van der Waals surface area contributed by atoms with Crippen molar-refractivity contribution in [1.29, 1.82) is 0 Å². The summed E-state index contributed by atoms with van der Waals surface area (Å²) in [5.41, 5.74) is -2.94. The first kappa shape index (κ1) is 22.9. The molecule has 33 heavy (non-hydrogen) atoms. The van der Waals surface area contributed by atoms with E-state index in [0.29, 0.717) is 31.2 Å². The zero-order valence-electron chi connectivity index (χ0n) is 17.6. The number of nitro benzene ring substituents is 1. The van der Waals surface area contributed by atoms with Crippen molar-refractivity contribution in [3.63, 3.8) is 0 Å². The van der Waals surface area contributed by atoms with Crippen molar-refractivity contribution in [1.82, 2.24) is 9.62 Å². The van der Waals surface area contributed by atoms with Crippen LogP contribution < -0.4 is 4.72 Å². The van der Waals surface area contributed by atoms with Gasteiger partial charge in [0, 0.05) is 12.5 Å². The molecule has 2 N–H and O–H groups in total. The van der Waals surface area contributed by atoms with E-state index in [-0.39, 0.29) is 13.0 Å². The van der Waals surface area contributed by atoms with E-state index < -0.39 is 48.5 Å². The van der Waals surface area contributed by atoms with E-state index in [2.05, 4.69) is 4.72 Å².